The molecular formula is C11H19F3N2. The standard InChI is InChI=1S/C11H19F3N2/c1-3-10(8-15-2)16-6-4-9(5-7-16)11(12,13)14/h4,10,15H,3,5-8H2,1-2H3. The number of hydrogen-bond donors (Lipinski definition) is 1. The van der Waals surface area contributed by atoms with Crippen molar-refractivity contribution in [2.75, 3.05) is 26.7 Å². The fourth-order valence-electron chi connectivity index (χ4n) is 2.04. The summed E-state index contributed by atoms with van der Waals surface area (Å²) in [5.41, 5.74) is -0.372. The van der Waals surface area contributed by atoms with Gasteiger partial charge in [-0.2, -0.15) is 13.2 Å². The summed E-state index contributed by atoms with van der Waals surface area (Å²) >= 11 is 0. The molecule has 0 saturated heterocycles. The van der Waals surface area contributed by atoms with E-state index in [2.05, 4.69) is 17.1 Å². The second kappa shape index (κ2) is 5.68. The van der Waals surface area contributed by atoms with Crippen molar-refractivity contribution < 1.29 is 13.2 Å². The third kappa shape index (κ3) is 3.49. The lowest BCUT2D eigenvalue weighted by atomic mass is 10.0. The highest BCUT2D eigenvalue weighted by Crippen LogP contribution is 2.30. The van der Waals surface area contributed by atoms with E-state index in [1.54, 1.807) is 0 Å². The van der Waals surface area contributed by atoms with Gasteiger partial charge in [0.15, 0.2) is 0 Å². The predicted octanol–water partition coefficient (Wildman–Crippen LogP) is 2.18. The van der Waals surface area contributed by atoms with Crippen LogP contribution < -0.4 is 5.32 Å². The van der Waals surface area contributed by atoms with Crippen LogP contribution in [0.4, 0.5) is 13.2 Å². The smallest absolute Gasteiger partial charge is 0.318 e. The maximum atomic E-state index is 12.4. The minimum atomic E-state index is -4.14. The van der Waals surface area contributed by atoms with Crippen molar-refractivity contribution in [1.82, 2.24) is 10.2 Å². The Morgan fingerprint density at radius 2 is 2.19 bits per heavy atom. The molecular weight excluding hydrogens is 217 g/mol. The lowest BCUT2D eigenvalue weighted by molar-refractivity contribution is -0.0964. The first-order valence-electron chi connectivity index (χ1n) is 5.64. The van der Waals surface area contributed by atoms with Crippen molar-refractivity contribution in [2.45, 2.75) is 32.0 Å². The maximum Gasteiger partial charge on any atom is 0.412 e. The fourth-order valence-corrected chi connectivity index (χ4v) is 2.04. The number of alkyl halides is 3. The lowest BCUT2D eigenvalue weighted by Crippen LogP contribution is -2.44. The van der Waals surface area contributed by atoms with Crippen LogP contribution in [0.15, 0.2) is 11.6 Å². The molecule has 0 radical (unpaired) electrons. The van der Waals surface area contributed by atoms with Gasteiger partial charge in [-0.05, 0) is 19.9 Å². The van der Waals surface area contributed by atoms with E-state index in [0.29, 0.717) is 19.1 Å². The summed E-state index contributed by atoms with van der Waals surface area (Å²) in [5.74, 6) is 0. The Morgan fingerprint density at radius 1 is 1.50 bits per heavy atom. The molecule has 0 fully saturated rings. The van der Waals surface area contributed by atoms with Crippen molar-refractivity contribution in [2.24, 2.45) is 0 Å². The molecule has 1 heterocycles. The number of hydrogen-bond acceptors (Lipinski definition) is 2. The number of nitrogens with one attached hydrogen (secondary N) is 1. The Kier molecular flexibility index (Phi) is 4.80. The van der Waals surface area contributed by atoms with Crippen LogP contribution in [0.2, 0.25) is 0 Å². The van der Waals surface area contributed by atoms with E-state index in [-0.39, 0.29) is 12.0 Å². The molecule has 1 rings (SSSR count). The van der Waals surface area contributed by atoms with Gasteiger partial charge in [0.2, 0.25) is 0 Å². The third-order valence-corrected chi connectivity index (χ3v) is 3.03. The van der Waals surface area contributed by atoms with E-state index in [1.165, 1.54) is 6.08 Å². The fraction of sp³-hybridized carbons (Fsp3) is 0.818. The summed E-state index contributed by atoms with van der Waals surface area (Å²) in [7, 11) is 1.86. The molecule has 1 unspecified atom stereocenters. The van der Waals surface area contributed by atoms with E-state index in [9.17, 15) is 13.2 Å². The molecule has 16 heavy (non-hydrogen) atoms. The molecule has 1 atom stereocenters. The Morgan fingerprint density at radius 3 is 2.56 bits per heavy atom. The van der Waals surface area contributed by atoms with Crippen molar-refractivity contribution in [3.8, 4) is 0 Å². The van der Waals surface area contributed by atoms with Gasteiger partial charge in [0.25, 0.3) is 0 Å². The average Bonchev–Trinajstić information content (AvgIpc) is 2.25. The molecule has 0 aliphatic carbocycles. The summed E-state index contributed by atoms with van der Waals surface area (Å²) in [5, 5.41) is 3.07. The molecule has 1 N–H and O–H groups in total. The summed E-state index contributed by atoms with van der Waals surface area (Å²) < 4.78 is 37.2. The van der Waals surface area contributed by atoms with Gasteiger partial charge in [0.05, 0.1) is 0 Å². The van der Waals surface area contributed by atoms with Crippen molar-refractivity contribution >= 4 is 0 Å². The Labute approximate surface area is 94.5 Å². The zero-order valence-electron chi connectivity index (χ0n) is 9.77. The molecule has 5 heteroatoms. The molecule has 0 saturated carbocycles. The monoisotopic (exact) mass is 236 g/mol. The van der Waals surface area contributed by atoms with Crippen LogP contribution in [0, 0.1) is 0 Å². The molecule has 0 bridgehead atoms. The highest BCUT2D eigenvalue weighted by Gasteiger charge is 2.35. The van der Waals surface area contributed by atoms with Crippen LogP contribution in [-0.2, 0) is 0 Å². The number of nitrogens with zero attached hydrogens (tertiary/aromatic N) is 1. The lowest BCUT2D eigenvalue weighted by Gasteiger charge is -2.33. The van der Waals surface area contributed by atoms with Crippen LogP contribution in [-0.4, -0.2) is 43.8 Å². The van der Waals surface area contributed by atoms with Gasteiger partial charge in [0.1, 0.15) is 0 Å². The quantitative estimate of drug-likeness (QED) is 0.753. The second-order valence-corrected chi connectivity index (χ2v) is 4.09. The molecule has 0 aromatic heterocycles. The van der Waals surface area contributed by atoms with Gasteiger partial charge in [-0.25, -0.2) is 0 Å². The van der Waals surface area contributed by atoms with Crippen molar-refractivity contribution in [3.05, 3.63) is 11.6 Å². The first kappa shape index (κ1) is 13.5. The van der Waals surface area contributed by atoms with Gasteiger partial charge >= 0.3 is 6.18 Å². The molecule has 0 aromatic carbocycles. The number of halogens is 3. The van der Waals surface area contributed by atoms with E-state index >= 15 is 0 Å². The topological polar surface area (TPSA) is 15.3 Å². The van der Waals surface area contributed by atoms with Gasteiger partial charge in [-0.1, -0.05) is 13.0 Å². The van der Waals surface area contributed by atoms with Gasteiger partial charge in [0, 0.05) is 31.2 Å². The number of likely N-dealkylation sites (N-methyl/N-ethyl adjacent to an activating group) is 1. The Hall–Kier alpha value is -0.550. The molecule has 0 amide bonds. The highest BCUT2D eigenvalue weighted by molar-refractivity contribution is 5.13. The second-order valence-electron chi connectivity index (χ2n) is 4.09. The van der Waals surface area contributed by atoms with E-state index in [4.69, 9.17) is 0 Å². The van der Waals surface area contributed by atoms with Crippen LogP contribution in [0.5, 0.6) is 0 Å². The minimum absolute atomic E-state index is 0.115. The van der Waals surface area contributed by atoms with E-state index in [0.717, 1.165) is 13.0 Å². The van der Waals surface area contributed by atoms with Crippen LogP contribution in [0.25, 0.3) is 0 Å². The van der Waals surface area contributed by atoms with Gasteiger partial charge < -0.3 is 5.32 Å². The minimum Gasteiger partial charge on any atom is -0.318 e. The number of rotatable bonds is 4. The van der Waals surface area contributed by atoms with Gasteiger partial charge in [-0.3, -0.25) is 4.90 Å². The zero-order valence-corrected chi connectivity index (χ0v) is 9.77. The molecule has 1 aliphatic rings. The first-order valence-corrected chi connectivity index (χ1v) is 5.64. The SMILES string of the molecule is CCC(CNC)N1CC=C(C(F)(F)F)CC1. The van der Waals surface area contributed by atoms with E-state index in [1.807, 2.05) is 7.05 Å². The van der Waals surface area contributed by atoms with Crippen molar-refractivity contribution in [3.63, 3.8) is 0 Å². The van der Waals surface area contributed by atoms with Gasteiger partial charge in [-0.15, -0.1) is 0 Å². The molecule has 2 nitrogen and oxygen atoms in total. The third-order valence-electron chi connectivity index (χ3n) is 3.03. The van der Waals surface area contributed by atoms with Crippen LogP contribution in [0.3, 0.4) is 0 Å². The van der Waals surface area contributed by atoms with Crippen molar-refractivity contribution in [1.29, 1.82) is 0 Å². The molecule has 0 spiro atoms. The molecule has 94 valence electrons. The Bertz CT molecular complexity index is 248. The maximum absolute atomic E-state index is 12.4. The first-order chi connectivity index (χ1) is 7.49. The summed E-state index contributed by atoms with van der Waals surface area (Å²) in [4.78, 5) is 2.10. The van der Waals surface area contributed by atoms with Crippen LogP contribution >= 0.6 is 0 Å². The summed E-state index contributed by atoms with van der Waals surface area (Å²) in [6.45, 7) is 3.80. The summed E-state index contributed by atoms with van der Waals surface area (Å²) in [6, 6.07) is 0.330. The molecule has 0 aromatic rings. The van der Waals surface area contributed by atoms with E-state index < -0.39 is 6.18 Å². The van der Waals surface area contributed by atoms with Crippen LogP contribution in [0.1, 0.15) is 19.8 Å². The zero-order chi connectivity index (χ0) is 12.2. The average molecular weight is 236 g/mol. The molecule has 1 aliphatic heterocycles. The summed E-state index contributed by atoms with van der Waals surface area (Å²) in [6.07, 6.45) is -1.75. The highest BCUT2D eigenvalue weighted by atomic mass is 19.4. The largest absolute Gasteiger partial charge is 0.412 e. The Balaban J connectivity index is 2.56. The normalized spacial score (nSPS) is 20.7. The predicted molar refractivity (Wildman–Crippen MR) is 58.3 cm³/mol.